The van der Waals surface area contributed by atoms with Crippen LogP contribution in [0.5, 0.6) is 17.2 Å². The largest absolute Gasteiger partial charge is 0.493 e. The highest BCUT2D eigenvalue weighted by Crippen LogP contribution is 2.30. The predicted molar refractivity (Wildman–Crippen MR) is 96.4 cm³/mol. The number of esters is 1. The number of benzene rings is 2. The Morgan fingerprint density at radius 1 is 1.00 bits per heavy atom. The van der Waals surface area contributed by atoms with Gasteiger partial charge in [-0.3, -0.25) is 4.79 Å². The summed E-state index contributed by atoms with van der Waals surface area (Å²) in [6, 6.07) is 8.60. The summed E-state index contributed by atoms with van der Waals surface area (Å²) in [7, 11) is 1.27. The molecule has 0 bridgehead atoms. The summed E-state index contributed by atoms with van der Waals surface area (Å²) in [5.41, 5.74) is 1.09. The first kappa shape index (κ1) is 21.1. The topological polar surface area (TPSA) is 71.1 Å². The van der Waals surface area contributed by atoms with Gasteiger partial charge in [0.1, 0.15) is 12.4 Å². The number of Topliss-reactive ketones (excluding diaryl/α,β-unsaturated/α-hetero) is 1. The van der Waals surface area contributed by atoms with E-state index in [-0.39, 0.29) is 29.5 Å². The zero-order valence-corrected chi connectivity index (χ0v) is 15.7. The van der Waals surface area contributed by atoms with Gasteiger partial charge in [-0.05, 0) is 50.2 Å². The third kappa shape index (κ3) is 5.42. The minimum Gasteiger partial charge on any atom is -0.493 e. The molecular formula is C20H20F2O6. The molecular weight excluding hydrogens is 374 g/mol. The summed E-state index contributed by atoms with van der Waals surface area (Å²) in [6.45, 7) is 0.498. The van der Waals surface area contributed by atoms with Gasteiger partial charge in [0.05, 0.1) is 19.3 Å². The highest BCUT2D eigenvalue weighted by Gasteiger charge is 2.16. The maximum Gasteiger partial charge on any atom is 0.387 e. The Labute approximate surface area is 161 Å². The van der Waals surface area contributed by atoms with E-state index in [0.717, 1.165) is 0 Å². The maximum absolute atomic E-state index is 12.4. The molecule has 150 valence electrons. The summed E-state index contributed by atoms with van der Waals surface area (Å²) >= 11 is 0. The normalized spacial score (nSPS) is 10.5. The molecule has 6 nitrogen and oxygen atoms in total. The van der Waals surface area contributed by atoms with Crippen molar-refractivity contribution in [3.05, 3.63) is 53.1 Å². The van der Waals surface area contributed by atoms with Gasteiger partial charge in [0, 0.05) is 11.1 Å². The van der Waals surface area contributed by atoms with E-state index in [2.05, 4.69) is 4.74 Å². The first-order valence-corrected chi connectivity index (χ1v) is 8.42. The van der Waals surface area contributed by atoms with Gasteiger partial charge in [-0.15, -0.1) is 0 Å². The van der Waals surface area contributed by atoms with Gasteiger partial charge in [0.25, 0.3) is 0 Å². The van der Waals surface area contributed by atoms with Crippen LogP contribution in [0.25, 0.3) is 0 Å². The standard InChI is InChI=1S/C20H20F2O6/c1-4-26-16-7-5-13(12(2)23)9-15(16)11-27-19(24)14-6-8-17(28-20(21)22)18(10-14)25-3/h5-10,20H,4,11H2,1-3H3. The smallest absolute Gasteiger partial charge is 0.387 e. The molecule has 2 aromatic rings. The summed E-state index contributed by atoms with van der Waals surface area (Å²) in [4.78, 5) is 23.9. The maximum atomic E-state index is 12.4. The van der Waals surface area contributed by atoms with Gasteiger partial charge < -0.3 is 18.9 Å². The molecule has 0 aliphatic carbocycles. The van der Waals surface area contributed by atoms with Gasteiger partial charge in [-0.2, -0.15) is 8.78 Å². The van der Waals surface area contributed by atoms with E-state index in [1.807, 2.05) is 6.92 Å². The Kier molecular flexibility index (Phi) is 7.31. The first-order valence-electron chi connectivity index (χ1n) is 8.42. The minimum atomic E-state index is -3.02. The molecule has 0 spiro atoms. The quantitative estimate of drug-likeness (QED) is 0.468. The van der Waals surface area contributed by atoms with Gasteiger partial charge in [-0.1, -0.05) is 0 Å². The number of carbonyl (C=O) groups is 2. The summed E-state index contributed by atoms with van der Waals surface area (Å²) in [5.74, 6) is -0.545. The molecule has 0 saturated carbocycles. The average molecular weight is 394 g/mol. The molecule has 2 rings (SSSR count). The molecule has 8 heteroatoms. The molecule has 0 aliphatic heterocycles. The zero-order chi connectivity index (χ0) is 20.7. The molecule has 0 aliphatic rings. The van der Waals surface area contributed by atoms with Crippen LogP contribution in [-0.2, 0) is 11.3 Å². The molecule has 0 aromatic heterocycles. The van der Waals surface area contributed by atoms with Crippen molar-refractivity contribution in [1.82, 2.24) is 0 Å². The van der Waals surface area contributed by atoms with E-state index in [1.165, 1.54) is 32.2 Å². The predicted octanol–water partition coefficient (Wildman–Crippen LogP) is 4.25. The van der Waals surface area contributed by atoms with Gasteiger partial charge in [0.15, 0.2) is 17.3 Å². The summed E-state index contributed by atoms with van der Waals surface area (Å²) in [6.07, 6.45) is 0. The summed E-state index contributed by atoms with van der Waals surface area (Å²) in [5, 5.41) is 0. The number of alkyl halides is 2. The number of hydrogen-bond donors (Lipinski definition) is 0. The van der Waals surface area contributed by atoms with Crippen molar-refractivity contribution in [3.63, 3.8) is 0 Å². The molecule has 0 amide bonds. The Hall–Kier alpha value is -3.16. The van der Waals surface area contributed by atoms with E-state index >= 15 is 0 Å². The van der Waals surface area contributed by atoms with Crippen LogP contribution >= 0.6 is 0 Å². The molecule has 28 heavy (non-hydrogen) atoms. The lowest BCUT2D eigenvalue weighted by molar-refractivity contribution is -0.0512. The minimum absolute atomic E-state index is 0.0247. The van der Waals surface area contributed by atoms with Crippen LogP contribution in [0.15, 0.2) is 36.4 Å². The SMILES string of the molecule is CCOc1ccc(C(C)=O)cc1COC(=O)c1ccc(OC(F)F)c(OC)c1. The van der Waals surface area contributed by atoms with Crippen molar-refractivity contribution in [2.24, 2.45) is 0 Å². The van der Waals surface area contributed by atoms with E-state index in [1.54, 1.807) is 18.2 Å². The van der Waals surface area contributed by atoms with Crippen LogP contribution in [0.1, 0.15) is 40.1 Å². The monoisotopic (exact) mass is 394 g/mol. The molecule has 2 aromatic carbocycles. The average Bonchev–Trinajstić information content (AvgIpc) is 2.66. The van der Waals surface area contributed by atoms with Crippen LogP contribution in [0.3, 0.4) is 0 Å². The van der Waals surface area contributed by atoms with Crippen molar-refractivity contribution in [2.45, 2.75) is 27.1 Å². The Morgan fingerprint density at radius 3 is 2.29 bits per heavy atom. The Bertz CT molecular complexity index is 851. The molecule has 0 heterocycles. The van der Waals surface area contributed by atoms with E-state index < -0.39 is 12.6 Å². The summed E-state index contributed by atoms with van der Waals surface area (Å²) < 4.78 is 44.8. The third-order valence-corrected chi connectivity index (χ3v) is 3.74. The van der Waals surface area contributed by atoms with Crippen molar-refractivity contribution in [3.8, 4) is 17.2 Å². The van der Waals surface area contributed by atoms with E-state index in [9.17, 15) is 18.4 Å². The van der Waals surface area contributed by atoms with Crippen LogP contribution in [0, 0.1) is 0 Å². The lowest BCUT2D eigenvalue weighted by Crippen LogP contribution is -2.09. The van der Waals surface area contributed by atoms with Crippen LogP contribution < -0.4 is 14.2 Å². The molecule has 0 radical (unpaired) electrons. The second-order valence-corrected chi connectivity index (χ2v) is 5.63. The Morgan fingerprint density at radius 2 is 1.68 bits per heavy atom. The first-order chi connectivity index (χ1) is 13.3. The van der Waals surface area contributed by atoms with Crippen molar-refractivity contribution in [2.75, 3.05) is 13.7 Å². The second-order valence-electron chi connectivity index (χ2n) is 5.63. The van der Waals surface area contributed by atoms with E-state index in [0.29, 0.717) is 23.5 Å². The number of methoxy groups -OCH3 is 1. The molecule has 0 fully saturated rings. The zero-order valence-electron chi connectivity index (χ0n) is 15.7. The molecule has 0 N–H and O–H groups in total. The number of hydrogen-bond acceptors (Lipinski definition) is 6. The van der Waals surface area contributed by atoms with Crippen molar-refractivity contribution in [1.29, 1.82) is 0 Å². The number of ether oxygens (including phenoxy) is 4. The van der Waals surface area contributed by atoms with Gasteiger partial charge in [0.2, 0.25) is 0 Å². The number of halogens is 2. The number of carbonyl (C=O) groups excluding carboxylic acids is 2. The highest BCUT2D eigenvalue weighted by molar-refractivity contribution is 5.94. The fourth-order valence-corrected chi connectivity index (χ4v) is 2.42. The van der Waals surface area contributed by atoms with Crippen molar-refractivity contribution >= 4 is 11.8 Å². The third-order valence-electron chi connectivity index (χ3n) is 3.74. The lowest BCUT2D eigenvalue weighted by atomic mass is 10.1. The van der Waals surface area contributed by atoms with Gasteiger partial charge in [-0.25, -0.2) is 4.79 Å². The molecule has 0 unspecified atom stereocenters. The Balaban J connectivity index is 2.17. The highest BCUT2D eigenvalue weighted by atomic mass is 19.3. The molecule has 0 atom stereocenters. The fourth-order valence-electron chi connectivity index (χ4n) is 2.42. The number of ketones is 1. The van der Waals surface area contributed by atoms with Crippen LogP contribution in [0.4, 0.5) is 8.78 Å². The van der Waals surface area contributed by atoms with Crippen LogP contribution in [0.2, 0.25) is 0 Å². The van der Waals surface area contributed by atoms with Crippen molar-refractivity contribution < 1.29 is 37.3 Å². The lowest BCUT2D eigenvalue weighted by Gasteiger charge is -2.13. The number of rotatable bonds is 9. The van der Waals surface area contributed by atoms with Gasteiger partial charge >= 0.3 is 12.6 Å². The van der Waals surface area contributed by atoms with E-state index in [4.69, 9.17) is 14.2 Å². The second kappa shape index (κ2) is 9.68. The molecule has 0 saturated heterocycles. The van der Waals surface area contributed by atoms with Crippen LogP contribution in [-0.4, -0.2) is 32.1 Å². The fraction of sp³-hybridized carbons (Fsp3) is 0.300.